The van der Waals surface area contributed by atoms with E-state index in [1.54, 1.807) is 19.0 Å². The number of nitrogens with zero attached hydrogens (tertiary/aromatic N) is 2. The highest BCUT2D eigenvalue weighted by Crippen LogP contribution is 2.26. The van der Waals surface area contributed by atoms with E-state index >= 15 is 0 Å². The van der Waals surface area contributed by atoms with Gasteiger partial charge in [-0.25, -0.2) is 9.59 Å². The van der Waals surface area contributed by atoms with E-state index in [1.807, 2.05) is 0 Å². The molecular weight excluding hydrogens is 264 g/mol. The molecule has 0 heterocycles. The van der Waals surface area contributed by atoms with E-state index in [0.717, 1.165) is 12.8 Å². The average Bonchev–Trinajstić information content (AvgIpc) is 3.18. The number of carbonyl (C=O) groups excluding carboxylic acids is 2. The summed E-state index contributed by atoms with van der Waals surface area (Å²) in [6.45, 7) is 0.866. The number of rotatable bonds is 7. The van der Waals surface area contributed by atoms with E-state index in [1.165, 1.54) is 4.90 Å². The molecule has 0 aliphatic heterocycles. The molecule has 114 valence electrons. The van der Waals surface area contributed by atoms with Crippen LogP contribution in [-0.4, -0.2) is 72.7 Å². The molecule has 4 amide bonds. The number of hydrogen-bond acceptors (Lipinski definition) is 3. The van der Waals surface area contributed by atoms with Gasteiger partial charge in [-0.2, -0.15) is 0 Å². The zero-order valence-corrected chi connectivity index (χ0v) is 11.9. The molecular formula is C12H22N4O4. The van der Waals surface area contributed by atoms with Crippen molar-refractivity contribution in [2.45, 2.75) is 25.3 Å². The molecule has 0 bridgehead atoms. The van der Waals surface area contributed by atoms with Crippen LogP contribution in [0.2, 0.25) is 0 Å². The summed E-state index contributed by atoms with van der Waals surface area (Å²) < 4.78 is 0. The molecule has 0 aromatic heterocycles. The lowest BCUT2D eigenvalue weighted by Gasteiger charge is -2.22. The van der Waals surface area contributed by atoms with Gasteiger partial charge in [0.1, 0.15) is 0 Å². The number of hydrogen-bond donors (Lipinski definition) is 3. The van der Waals surface area contributed by atoms with Crippen molar-refractivity contribution in [1.29, 1.82) is 0 Å². The molecule has 0 saturated heterocycles. The quantitative estimate of drug-likeness (QED) is 0.569. The van der Waals surface area contributed by atoms with Crippen LogP contribution in [0.1, 0.15) is 19.3 Å². The van der Waals surface area contributed by atoms with Crippen molar-refractivity contribution >= 4 is 18.0 Å². The summed E-state index contributed by atoms with van der Waals surface area (Å²) in [6, 6.07) is -0.331. The molecule has 8 nitrogen and oxygen atoms in total. The van der Waals surface area contributed by atoms with Crippen LogP contribution in [-0.2, 0) is 4.79 Å². The molecule has 1 fully saturated rings. The van der Waals surface area contributed by atoms with Crippen molar-refractivity contribution in [3.05, 3.63) is 0 Å². The number of carboxylic acids is 1. The Kier molecular flexibility index (Phi) is 6.08. The van der Waals surface area contributed by atoms with E-state index in [4.69, 9.17) is 5.11 Å². The fourth-order valence-corrected chi connectivity index (χ4v) is 1.65. The number of nitrogens with one attached hydrogen (secondary N) is 2. The van der Waals surface area contributed by atoms with Crippen molar-refractivity contribution in [3.8, 4) is 0 Å². The van der Waals surface area contributed by atoms with Crippen molar-refractivity contribution in [1.82, 2.24) is 20.4 Å². The first-order valence-electron chi connectivity index (χ1n) is 6.63. The van der Waals surface area contributed by atoms with Gasteiger partial charge in [0, 0.05) is 39.8 Å². The molecule has 0 radical (unpaired) electrons. The highest BCUT2D eigenvalue weighted by molar-refractivity contribution is 5.76. The maximum atomic E-state index is 11.9. The predicted molar refractivity (Wildman–Crippen MR) is 72.5 cm³/mol. The van der Waals surface area contributed by atoms with Crippen LogP contribution in [0.3, 0.4) is 0 Å². The Morgan fingerprint density at radius 1 is 1.10 bits per heavy atom. The van der Waals surface area contributed by atoms with E-state index in [-0.39, 0.29) is 31.1 Å². The van der Waals surface area contributed by atoms with Crippen LogP contribution >= 0.6 is 0 Å². The van der Waals surface area contributed by atoms with Gasteiger partial charge in [-0.1, -0.05) is 0 Å². The van der Waals surface area contributed by atoms with Crippen molar-refractivity contribution < 1.29 is 19.5 Å². The Labute approximate surface area is 118 Å². The summed E-state index contributed by atoms with van der Waals surface area (Å²) in [5, 5.41) is 14.0. The number of urea groups is 2. The Morgan fingerprint density at radius 3 is 2.10 bits per heavy atom. The van der Waals surface area contributed by atoms with Gasteiger partial charge >= 0.3 is 18.0 Å². The highest BCUT2D eigenvalue weighted by atomic mass is 16.4. The zero-order valence-electron chi connectivity index (χ0n) is 11.9. The molecule has 0 spiro atoms. The van der Waals surface area contributed by atoms with E-state index in [2.05, 4.69) is 10.6 Å². The number of aliphatic carboxylic acids is 1. The SMILES string of the molecule is CN(C)C(=O)NCCNC(=O)N(CCC(=O)O)C1CC1. The molecule has 1 aliphatic rings. The molecule has 20 heavy (non-hydrogen) atoms. The van der Waals surface area contributed by atoms with E-state index in [0.29, 0.717) is 13.1 Å². The lowest BCUT2D eigenvalue weighted by molar-refractivity contribution is -0.137. The number of amides is 4. The standard InChI is InChI=1S/C12H22N4O4/c1-15(2)11(19)13-6-7-14-12(20)16(9-3-4-9)8-5-10(17)18/h9H,3-8H2,1-2H3,(H,13,19)(H,14,20)(H,17,18). The third-order valence-electron chi connectivity index (χ3n) is 2.90. The summed E-state index contributed by atoms with van der Waals surface area (Å²) in [7, 11) is 3.27. The summed E-state index contributed by atoms with van der Waals surface area (Å²) in [5.74, 6) is -0.915. The second-order valence-corrected chi connectivity index (χ2v) is 4.93. The fourth-order valence-electron chi connectivity index (χ4n) is 1.65. The van der Waals surface area contributed by atoms with Gasteiger partial charge in [0.2, 0.25) is 0 Å². The number of carboxylic acid groups (broad SMARTS) is 1. The minimum Gasteiger partial charge on any atom is -0.481 e. The Morgan fingerprint density at radius 2 is 1.65 bits per heavy atom. The minimum atomic E-state index is -0.915. The van der Waals surface area contributed by atoms with Gasteiger partial charge in [-0.05, 0) is 12.8 Å². The Hall–Kier alpha value is -1.99. The third kappa shape index (κ3) is 5.77. The lowest BCUT2D eigenvalue weighted by Crippen LogP contribution is -2.45. The van der Waals surface area contributed by atoms with Crippen LogP contribution in [0.4, 0.5) is 9.59 Å². The van der Waals surface area contributed by atoms with E-state index in [9.17, 15) is 14.4 Å². The van der Waals surface area contributed by atoms with Gasteiger partial charge < -0.3 is 25.5 Å². The van der Waals surface area contributed by atoms with Crippen LogP contribution in [0.25, 0.3) is 0 Å². The number of carbonyl (C=O) groups is 3. The predicted octanol–water partition coefficient (Wildman–Crippen LogP) is -0.0937. The topological polar surface area (TPSA) is 102 Å². The molecule has 1 saturated carbocycles. The van der Waals surface area contributed by atoms with Crippen LogP contribution < -0.4 is 10.6 Å². The lowest BCUT2D eigenvalue weighted by atomic mass is 10.4. The van der Waals surface area contributed by atoms with Gasteiger partial charge in [0.15, 0.2) is 0 Å². The highest BCUT2D eigenvalue weighted by Gasteiger charge is 2.32. The van der Waals surface area contributed by atoms with Gasteiger partial charge in [0.25, 0.3) is 0 Å². The van der Waals surface area contributed by atoms with Gasteiger partial charge in [0.05, 0.1) is 6.42 Å². The van der Waals surface area contributed by atoms with Gasteiger partial charge in [-0.15, -0.1) is 0 Å². The van der Waals surface area contributed by atoms with E-state index < -0.39 is 5.97 Å². The fraction of sp³-hybridized carbons (Fsp3) is 0.750. The zero-order chi connectivity index (χ0) is 15.1. The first-order chi connectivity index (χ1) is 9.41. The Bertz CT molecular complexity index is 368. The second kappa shape index (κ2) is 7.56. The minimum absolute atomic E-state index is 0.0543. The smallest absolute Gasteiger partial charge is 0.317 e. The molecule has 0 atom stereocenters. The first kappa shape index (κ1) is 16.1. The second-order valence-electron chi connectivity index (χ2n) is 4.93. The summed E-state index contributed by atoms with van der Waals surface area (Å²) >= 11 is 0. The third-order valence-corrected chi connectivity index (χ3v) is 2.90. The largest absolute Gasteiger partial charge is 0.481 e. The maximum absolute atomic E-state index is 11.9. The summed E-state index contributed by atoms with van der Waals surface area (Å²) in [5.41, 5.74) is 0. The van der Waals surface area contributed by atoms with Crippen LogP contribution in [0, 0.1) is 0 Å². The van der Waals surface area contributed by atoms with Gasteiger partial charge in [-0.3, -0.25) is 4.79 Å². The molecule has 0 aromatic carbocycles. The normalized spacial score (nSPS) is 13.5. The van der Waals surface area contributed by atoms with Crippen LogP contribution in [0.15, 0.2) is 0 Å². The summed E-state index contributed by atoms with van der Waals surface area (Å²) in [4.78, 5) is 36.7. The van der Waals surface area contributed by atoms with Crippen molar-refractivity contribution in [2.24, 2.45) is 0 Å². The molecule has 0 aromatic rings. The molecule has 1 aliphatic carbocycles. The first-order valence-corrected chi connectivity index (χ1v) is 6.63. The summed E-state index contributed by atoms with van der Waals surface area (Å²) in [6.07, 6.45) is 1.79. The molecule has 1 rings (SSSR count). The molecule has 8 heteroatoms. The average molecular weight is 286 g/mol. The van der Waals surface area contributed by atoms with Crippen molar-refractivity contribution in [3.63, 3.8) is 0 Å². The molecule has 3 N–H and O–H groups in total. The van der Waals surface area contributed by atoms with Crippen LogP contribution in [0.5, 0.6) is 0 Å². The van der Waals surface area contributed by atoms with Crippen molar-refractivity contribution in [2.75, 3.05) is 33.7 Å². The molecule has 0 unspecified atom stereocenters. The monoisotopic (exact) mass is 286 g/mol. The Balaban J connectivity index is 2.25. The maximum Gasteiger partial charge on any atom is 0.317 e.